The molecule has 0 aromatic carbocycles. The van der Waals surface area contributed by atoms with Crippen LogP contribution in [0.3, 0.4) is 0 Å². The summed E-state index contributed by atoms with van der Waals surface area (Å²) in [6, 6.07) is 0. The molecule has 0 fully saturated rings. The molecule has 0 aromatic heterocycles. The summed E-state index contributed by atoms with van der Waals surface area (Å²) in [5.74, 6) is -0.866. The van der Waals surface area contributed by atoms with Crippen LogP contribution in [0, 0.1) is 0 Å². The maximum Gasteiger partial charge on any atom is 0.306 e. The number of carboxylic acids is 1. The molecule has 0 rings (SSSR count). The summed E-state index contributed by atoms with van der Waals surface area (Å²) < 4.78 is 5.78. The number of esters is 1. The zero-order chi connectivity index (χ0) is 30.8. The van der Waals surface area contributed by atoms with Gasteiger partial charge in [-0.2, -0.15) is 0 Å². The lowest BCUT2D eigenvalue weighted by Crippen LogP contribution is -2.18. The van der Waals surface area contributed by atoms with Crippen LogP contribution in [-0.2, 0) is 14.3 Å². The van der Waals surface area contributed by atoms with Crippen molar-refractivity contribution in [1.29, 1.82) is 0 Å². The van der Waals surface area contributed by atoms with E-state index in [4.69, 9.17) is 9.84 Å². The second-order valence-electron chi connectivity index (χ2n) is 12.4. The minimum absolute atomic E-state index is 0.0941. The van der Waals surface area contributed by atoms with Crippen molar-refractivity contribution in [2.45, 2.75) is 206 Å². The van der Waals surface area contributed by atoms with Crippen molar-refractivity contribution in [3.8, 4) is 0 Å². The number of hydrogen-bond acceptors (Lipinski definition) is 3. The van der Waals surface area contributed by atoms with E-state index in [9.17, 15) is 9.59 Å². The van der Waals surface area contributed by atoms with Crippen molar-refractivity contribution in [3.63, 3.8) is 0 Å². The normalized spacial score (nSPS) is 12.4. The maximum absolute atomic E-state index is 12.4. The summed E-state index contributed by atoms with van der Waals surface area (Å²) >= 11 is 0. The molecule has 0 aromatic rings. The number of hydrogen-bond donors (Lipinski definition) is 1. The Morgan fingerprint density at radius 3 is 1.50 bits per heavy atom. The van der Waals surface area contributed by atoms with Crippen LogP contribution < -0.4 is 0 Å². The number of carboxylic acid groups (broad SMARTS) is 1. The number of aliphatic carboxylic acids is 1. The van der Waals surface area contributed by atoms with E-state index in [1.54, 1.807) is 0 Å². The largest absolute Gasteiger partial charge is 0.481 e. The Morgan fingerprint density at radius 1 is 0.524 bits per heavy atom. The van der Waals surface area contributed by atoms with Gasteiger partial charge >= 0.3 is 11.9 Å². The second kappa shape index (κ2) is 33.9. The fourth-order valence-electron chi connectivity index (χ4n) is 5.46. The van der Waals surface area contributed by atoms with Gasteiger partial charge in [-0.1, -0.05) is 147 Å². The zero-order valence-corrected chi connectivity index (χ0v) is 28.1. The molecule has 1 N–H and O–H groups in total. The van der Waals surface area contributed by atoms with Crippen LogP contribution >= 0.6 is 0 Å². The molecule has 1 atom stereocenters. The topological polar surface area (TPSA) is 63.6 Å². The van der Waals surface area contributed by atoms with Gasteiger partial charge in [0, 0.05) is 12.8 Å². The van der Waals surface area contributed by atoms with Crippen LogP contribution in [0.2, 0.25) is 0 Å². The molecule has 4 nitrogen and oxygen atoms in total. The average Bonchev–Trinajstić information content (AvgIpc) is 2.97. The Bertz CT molecular complexity index is 639. The molecule has 0 saturated carbocycles. The first-order valence-electron chi connectivity index (χ1n) is 18.3. The smallest absolute Gasteiger partial charge is 0.306 e. The second-order valence-corrected chi connectivity index (χ2v) is 12.4. The predicted octanol–water partition coefficient (Wildman–Crippen LogP) is 12.4. The maximum atomic E-state index is 12.4. The van der Waals surface area contributed by atoms with E-state index < -0.39 is 5.97 Å². The molecular weight excluding hydrogens is 520 g/mol. The van der Waals surface area contributed by atoms with E-state index in [1.165, 1.54) is 128 Å². The van der Waals surface area contributed by atoms with Crippen molar-refractivity contribution in [2.24, 2.45) is 0 Å². The predicted molar refractivity (Wildman–Crippen MR) is 181 cm³/mol. The Kier molecular flexibility index (Phi) is 32.6. The highest BCUT2D eigenvalue weighted by molar-refractivity contribution is 5.69. The van der Waals surface area contributed by atoms with Gasteiger partial charge in [0.2, 0.25) is 0 Å². The van der Waals surface area contributed by atoms with E-state index >= 15 is 0 Å². The van der Waals surface area contributed by atoms with Crippen molar-refractivity contribution >= 4 is 11.9 Å². The van der Waals surface area contributed by atoms with Crippen molar-refractivity contribution in [2.75, 3.05) is 0 Å². The van der Waals surface area contributed by atoms with Gasteiger partial charge in [0.05, 0.1) is 0 Å². The molecule has 1 unspecified atom stereocenters. The van der Waals surface area contributed by atoms with E-state index in [1.807, 2.05) is 0 Å². The quantitative estimate of drug-likeness (QED) is 0.0469. The SMILES string of the molecule is CCCCC/C=C\C/C=C\CCCCCCCCCCCCCC(=O)OC(CCCCCCCCC)CCCC(=O)O. The summed E-state index contributed by atoms with van der Waals surface area (Å²) in [5.41, 5.74) is 0. The van der Waals surface area contributed by atoms with Gasteiger partial charge in [0.25, 0.3) is 0 Å². The molecule has 0 spiro atoms. The van der Waals surface area contributed by atoms with Gasteiger partial charge in [-0.05, 0) is 64.2 Å². The van der Waals surface area contributed by atoms with E-state index in [2.05, 4.69) is 38.2 Å². The zero-order valence-electron chi connectivity index (χ0n) is 28.1. The first kappa shape index (κ1) is 40.4. The van der Waals surface area contributed by atoms with Crippen LogP contribution in [0.15, 0.2) is 24.3 Å². The Hall–Kier alpha value is -1.58. The summed E-state index contributed by atoms with van der Waals surface area (Å²) in [5, 5.41) is 8.95. The molecule has 0 aliphatic heterocycles. The Labute approximate surface area is 261 Å². The van der Waals surface area contributed by atoms with Gasteiger partial charge in [0.1, 0.15) is 6.10 Å². The van der Waals surface area contributed by atoms with Crippen molar-refractivity contribution in [1.82, 2.24) is 0 Å². The third-order valence-corrected chi connectivity index (χ3v) is 8.18. The minimum Gasteiger partial charge on any atom is -0.481 e. The fourth-order valence-corrected chi connectivity index (χ4v) is 5.46. The number of allylic oxidation sites excluding steroid dienone is 4. The van der Waals surface area contributed by atoms with Gasteiger partial charge in [-0.15, -0.1) is 0 Å². The Balaban J connectivity index is 3.67. The third kappa shape index (κ3) is 32.9. The molecule has 0 amide bonds. The van der Waals surface area contributed by atoms with Gasteiger partial charge in [-0.3, -0.25) is 9.59 Å². The number of unbranched alkanes of at least 4 members (excludes halogenated alkanes) is 20. The molecule has 0 aliphatic carbocycles. The summed E-state index contributed by atoms with van der Waals surface area (Å²) in [6.45, 7) is 4.49. The number of rotatable bonds is 33. The summed E-state index contributed by atoms with van der Waals surface area (Å²) in [7, 11) is 0. The lowest BCUT2D eigenvalue weighted by atomic mass is 10.0. The molecule has 0 saturated heterocycles. The fraction of sp³-hybridized carbons (Fsp3) is 0.842. The first-order chi connectivity index (χ1) is 20.6. The van der Waals surface area contributed by atoms with Gasteiger partial charge < -0.3 is 9.84 Å². The standard InChI is InChI=1S/C38H70O4/c1-3-5-7-9-11-12-13-14-15-16-17-18-19-20-21-22-23-24-26-28-30-35-38(41)42-36(33-31-34-37(39)40)32-29-27-25-10-8-6-4-2/h11-12,14-15,36H,3-10,13,16-35H2,1-2H3,(H,39,40)/b12-11-,15-14-. The molecule has 0 aliphatic rings. The molecule has 4 heteroatoms. The van der Waals surface area contributed by atoms with Crippen molar-refractivity contribution < 1.29 is 19.4 Å². The molecule has 0 heterocycles. The first-order valence-corrected chi connectivity index (χ1v) is 18.3. The highest BCUT2D eigenvalue weighted by atomic mass is 16.5. The highest BCUT2D eigenvalue weighted by Gasteiger charge is 2.15. The van der Waals surface area contributed by atoms with E-state index in [0.29, 0.717) is 19.3 Å². The number of carbonyl (C=O) groups excluding carboxylic acids is 1. The number of ether oxygens (including phenoxy) is 1. The minimum atomic E-state index is -0.772. The molecular formula is C38H70O4. The van der Waals surface area contributed by atoms with E-state index in [0.717, 1.165) is 32.1 Å². The van der Waals surface area contributed by atoms with Crippen LogP contribution in [-0.4, -0.2) is 23.1 Å². The van der Waals surface area contributed by atoms with Crippen molar-refractivity contribution in [3.05, 3.63) is 24.3 Å². The average molecular weight is 591 g/mol. The lowest BCUT2D eigenvalue weighted by Gasteiger charge is -2.18. The number of carbonyl (C=O) groups is 2. The molecule has 0 radical (unpaired) electrons. The molecule has 42 heavy (non-hydrogen) atoms. The van der Waals surface area contributed by atoms with Gasteiger partial charge in [-0.25, -0.2) is 0 Å². The van der Waals surface area contributed by atoms with Crippen LogP contribution in [0.4, 0.5) is 0 Å². The van der Waals surface area contributed by atoms with E-state index in [-0.39, 0.29) is 18.5 Å². The highest BCUT2D eigenvalue weighted by Crippen LogP contribution is 2.18. The Morgan fingerprint density at radius 2 is 0.952 bits per heavy atom. The third-order valence-electron chi connectivity index (χ3n) is 8.18. The van der Waals surface area contributed by atoms with Crippen LogP contribution in [0.25, 0.3) is 0 Å². The monoisotopic (exact) mass is 591 g/mol. The van der Waals surface area contributed by atoms with Crippen LogP contribution in [0.5, 0.6) is 0 Å². The molecule has 246 valence electrons. The molecule has 0 bridgehead atoms. The lowest BCUT2D eigenvalue weighted by molar-refractivity contribution is -0.150. The summed E-state index contributed by atoms with van der Waals surface area (Å²) in [6.07, 6.45) is 42.0. The van der Waals surface area contributed by atoms with Crippen LogP contribution in [0.1, 0.15) is 200 Å². The summed E-state index contributed by atoms with van der Waals surface area (Å²) in [4.78, 5) is 23.3. The van der Waals surface area contributed by atoms with Gasteiger partial charge in [0.15, 0.2) is 0 Å².